The molecule has 2 N–H and O–H groups in total. The summed E-state index contributed by atoms with van der Waals surface area (Å²) in [6.45, 7) is 3.91. The molecule has 98 valence electrons. The van der Waals surface area contributed by atoms with Crippen LogP contribution in [-0.4, -0.2) is 11.0 Å². The minimum Gasteiger partial charge on any atom is -0.507 e. The van der Waals surface area contributed by atoms with Crippen LogP contribution in [0.15, 0.2) is 36.4 Å². The Bertz CT molecular complexity index is 638. The number of carbonyl (C=O) groups is 1. The van der Waals surface area contributed by atoms with Gasteiger partial charge in [-0.25, -0.2) is 0 Å². The molecule has 0 aliphatic rings. The first-order valence-electron chi connectivity index (χ1n) is 5.85. The lowest BCUT2D eigenvalue weighted by atomic mass is 10.1. The van der Waals surface area contributed by atoms with E-state index in [2.05, 4.69) is 5.32 Å². The fourth-order valence-electron chi connectivity index (χ4n) is 1.77. The van der Waals surface area contributed by atoms with Crippen molar-refractivity contribution < 1.29 is 9.90 Å². The van der Waals surface area contributed by atoms with Crippen LogP contribution in [0.25, 0.3) is 0 Å². The standard InChI is InChI=1S/C15H14ClNO2/c1-9-4-3-5-13(10(9)2)17-15(19)12-8-11(16)6-7-14(12)18/h3-8,18H,1-2H3,(H,17,19). The molecule has 2 aromatic rings. The van der Waals surface area contributed by atoms with Gasteiger partial charge in [-0.1, -0.05) is 23.7 Å². The Morgan fingerprint density at radius 3 is 2.68 bits per heavy atom. The Morgan fingerprint density at radius 1 is 1.21 bits per heavy atom. The smallest absolute Gasteiger partial charge is 0.259 e. The van der Waals surface area contributed by atoms with Crippen molar-refractivity contribution in [1.29, 1.82) is 0 Å². The van der Waals surface area contributed by atoms with Crippen LogP contribution in [0.1, 0.15) is 21.5 Å². The molecular formula is C15H14ClNO2. The largest absolute Gasteiger partial charge is 0.507 e. The van der Waals surface area contributed by atoms with E-state index in [9.17, 15) is 9.90 Å². The molecule has 0 aliphatic carbocycles. The van der Waals surface area contributed by atoms with Gasteiger partial charge in [-0.2, -0.15) is 0 Å². The van der Waals surface area contributed by atoms with E-state index in [0.717, 1.165) is 16.8 Å². The number of halogens is 1. The van der Waals surface area contributed by atoms with Gasteiger partial charge in [-0.3, -0.25) is 4.79 Å². The van der Waals surface area contributed by atoms with Crippen LogP contribution in [0.2, 0.25) is 5.02 Å². The van der Waals surface area contributed by atoms with Crippen LogP contribution < -0.4 is 5.32 Å². The third-order valence-corrected chi connectivity index (χ3v) is 3.29. The second-order valence-electron chi connectivity index (χ2n) is 4.36. The summed E-state index contributed by atoms with van der Waals surface area (Å²) in [5, 5.41) is 12.9. The average molecular weight is 276 g/mol. The Morgan fingerprint density at radius 2 is 1.95 bits per heavy atom. The van der Waals surface area contributed by atoms with Crippen LogP contribution in [0, 0.1) is 13.8 Å². The minimum atomic E-state index is -0.381. The number of hydrogen-bond donors (Lipinski definition) is 2. The van der Waals surface area contributed by atoms with Crippen LogP contribution >= 0.6 is 11.6 Å². The van der Waals surface area contributed by atoms with Gasteiger partial charge in [0.1, 0.15) is 5.75 Å². The number of carbonyl (C=O) groups excluding carboxylic acids is 1. The summed E-state index contributed by atoms with van der Waals surface area (Å²) in [4.78, 5) is 12.1. The molecule has 0 saturated heterocycles. The van der Waals surface area contributed by atoms with Gasteiger partial charge >= 0.3 is 0 Å². The highest BCUT2D eigenvalue weighted by atomic mass is 35.5. The molecule has 0 atom stereocenters. The Hall–Kier alpha value is -2.00. The third kappa shape index (κ3) is 2.88. The normalized spacial score (nSPS) is 10.3. The summed E-state index contributed by atoms with van der Waals surface area (Å²) in [7, 11) is 0. The van der Waals surface area contributed by atoms with Crippen molar-refractivity contribution in [3.63, 3.8) is 0 Å². The highest BCUT2D eigenvalue weighted by molar-refractivity contribution is 6.31. The number of amides is 1. The predicted molar refractivity (Wildman–Crippen MR) is 77.0 cm³/mol. The van der Waals surface area contributed by atoms with Crippen molar-refractivity contribution >= 4 is 23.2 Å². The zero-order valence-corrected chi connectivity index (χ0v) is 11.5. The van der Waals surface area contributed by atoms with Crippen molar-refractivity contribution in [3.05, 3.63) is 58.1 Å². The molecule has 0 unspecified atom stereocenters. The maximum absolute atomic E-state index is 12.1. The first-order chi connectivity index (χ1) is 8.99. The van der Waals surface area contributed by atoms with Gasteiger partial charge in [0.2, 0.25) is 0 Å². The molecule has 0 saturated carbocycles. The lowest BCUT2D eigenvalue weighted by Gasteiger charge is -2.11. The molecule has 2 aromatic carbocycles. The Labute approximate surface area is 116 Å². The lowest BCUT2D eigenvalue weighted by molar-refractivity contribution is 0.102. The monoisotopic (exact) mass is 275 g/mol. The summed E-state index contributed by atoms with van der Waals surface area (Å²) in [5.74, 6) is -0.471. The molecule has 1 amide bonds. The van der Waals surface area contributed by atoms with E-state index in [-0.39, 0.29) is 17.2 Å². The number of aryl methyl sites for hydroxylation is 1. The lowest BCUT2D eigenvalue weighted by Crippen LogP contribution is -2.13. The molecule has 4 heteroatoms. The van der Waals surface area contributed by atoms with Crippen molar-refractivity contribution in [2.75, 3.05) is 5.32 Å². The van der Waals surface area contributed by atoms with Gasteiger partial charge in [-0.15, -0.1) is 0 Å². The number of aromatic hydroxyl groups is 1. The summed E-state index contributed by atoms with van der Waals surface area (Å²) >= 11 is 5.83. The van der Waals surface area contributed by atoms with Crippen LogP contribution in [0.4, 0.5) is 5.69 Å². The van der Waals surface area contributed by atoms with E-state index in [4.69, 9.17) is 11.6 Å². The summed E-state index contributed by atoms with van der Waals surface area (Å²) in [6, 6.07) is 10.0. The average Bonchev–Trinajstić information content (AvgIpc) is 2.38. The van der Waals surface area contributed by atoms with Crippen molar-refractivity contribution in [3.8, 4) is 5.75 Å². The molecule has 2 rings (SSSR count). The number of rotatable bonds is 2. The zero-order chi connectivity index (χ0) is 14.0. The summed E-state index contributed by atoms with van der Waals surface area (Å²) in [5.41, 5.74) is 2.98. The van der Waals surface area contributed by atoms with Crippen molar-refractivity contribution in [1.82, 2.24) is 0 Å². The number of phenols is 1. The Balaban J connectivity index is 2.31. The van der Waals surface area contributed by atoms with E-state index < -0.39 is 0 Å². The minimum absolute atomic E-state index is 0.0905. The SMILES string of the molecule is Cc1cccc(NC(=O)c2cc(Cl)ccc2O)c1C. The molecule has 0 fully saturated rings. The van der Waals surface area contributed by atoms with Gasteiger partial charge in [0.25, 0.3) is 5.91 Å². The molecule has 0 aromatic heterocycles. The van der Waals surface area contributed by atoms with Crippen molar-refractivity contribution in [2.45, 2.75) is 13.8 Å². The van der Waals surface area contributed by atoms with Crippen LogP contribution in [0.5, 0.6) is 5.75 Å². The number of phenolic OH excluding ortho intramolecular Hbond substituents is 1. The van der Waals surface area contributed by atoms with Crippen LogP contribution in [-0.2, 0) is 0 Å². The molecule has 3 nitrogen and oxygen atoms in total. The maximum atomic E-state index is 12.1. The van der Waals surface area contributed by atoms with Gasteiger partial charge in [0.05, 0.1) is 5.56 Å². The second kappa shape index (κ2) is 5.33. The number of nitrogens with one attached hydrogen (secondary N) is 1. The molecule has 0 radical (unpaired) electrons. The van der Waals surface area contributed by atoms with E-state index in [0.29, 0.717) is 5.02 Å². The highest BCUT2D eigenvalue weighted by Crippen LogP contribution is 2.24. The fourth-order valence-corrected chi connectivity index (χ4v) is 1.94. The van der Waals surface area contributed by atoms with Gasteiger partial charge in [-0.05, 0) is 49.2 Å². The maximum Gasteiger partial charge on any atom is 0.259 e. The fraction of sp³-hybridized carbons (Fsp3) is 0.133. The molecule has 0 spiro atoms. The van der Waals surface area contributed by atoms with Crippen LogP contribution in [0.3, 0.4) is 0 Å². The first kappa shape index (κ1) is 13.4. The first-order valence-corrected chi connectivity index (χ1v) is 6.23. The summed E-state index contributed by atoms with van der Waals surface area (Å²) < 4.78 is 0. The molecule has 19 heavy (non-hydrogen) atoms. The predicted octanol–water partition coefficient (Wildman–Crippen LogP) is 3.91. The number of anilines is 1. The molecular weight excluding hydrogens is 262 g/mol. The molecule has 0 bridgehead atoms. The number of hydrogen-bond acceptors (Lipinski definition) is 2. The van der Waals surface area contributed by atoms with E-state index >= 15 is 0 Å². The van der Waals surface area contributed by atoms with E-state index in [1.807, 2.05) is 32.0 Å². The van der Waals surface area contributed by atoms with Gasteiger partial charge in [0, 0.05) is 10.7 Å². The third-order valence-electron chi connectivity index (χ3n) is 3.06. The topological polar surface area (TPSA) is 49.3 Å². The van der Waals surface area contributed by atoms with Gasteiger partial charge < -0.3 is 10.4 Å². The van der Waals surface area contributed by atoms with Crippen molar-refractivity contribution in [2.24, 2.45) is 0 Å². The Kier molecular flexibility index (Phi) is 3.76. The highest BCUT2D eigenvalue weighted by Gasteiger charge is 2.13. The number of benzene rings is 2. The zero-order valence-electron chi connectivity index (χ0n) is 10.7. The molecule has 0 heterocycles. The van der Waals surface area contributed by atoms with E-state index in [1.165, 1.54) is 18.2 Å². The molecule has 0 aliphatic heterocycles. The van der Waals surface area contributed by atoms with Gasteiger partial charge in [0.15, 0.2) is 0 Å². The van der Waals surface area contributed by atoms with E-state index in [1.54, 1.807) is 0 Å². The second-order valence-corrected chi connectivity index (χ2v) is 4.80. The summed E-state index contributed by atoms with van der Waals surface area (Å²) in [6.07, 6.45) is 0. The quantitative estimate of drug-likeness (QED) is 0.873.